The molecule has 1 atom stereocenters. The lowest BCUT2D eigenvalue weighted by Gasteiger charge is -2.12. The second-order valence-electron chi connectivity index (χ2n) is 3.84. The van der Waals surface area contributed by atoms with Gasteiger partial charge >= 0.3 is 0 Å². The van der Waals surface area contributed by atoms with E-state index in [1.54, 1.807) is 14.2 Å². The molecule has 5 heteroatoms. The van der Waals surface area contributed by atoms with E-state index < -0.39 is 0 Å². The Morgan fingerprint density at radius 1 is 1.41 bits per heavy atom. The number of hydrogen-bond acceptors (Lipinski definition) is 4. The van der Waals surface area contributed by atoms with Crippen LogP contribution in [0, 0.1) is 0 Å². The predicted octanol–water partition coefficient (Wildman–Crippen LogP) is 1.23. The summed E-state index contributed by atoms with van der Waals surface area (Å²) < 4.78 is 12.5. The molecule has 0 aliphatic carbocycles. The molecule has 0 aliphatic heterocycles. The highest BCUT2D eigenvalue weighted by atomic mass is 16.5. The maximum atomic E-state index is 5.66. The van der Waals surface area contributed by atoms with Crippen LogP contribution in [0.2, 0.25) is 0 Å². The number of methoxy groups -OCH3 is 2. The number of imidazole rings is 1. The number of aromatic nitrogens is 2. The molecule has 0 radical (unpaired) electrons. The number of ether oxygens (including phenoxy) is 2. The van der Waals surface area contributed by atoms with E-state index in [2.05, 4.69) is 4.98 Å². The van der Waals surface area contributed by atoms with E-state index in [0.29, 0.717) is 6.54 Å². The lowest BCUT2D eigenvalue weighted by atomic mass is 10.3. The van der Waals surface area contributed by atoms with E-state index in [1.165, 1.54) is 0 Å². The van der Waals surface area contributed by atoms with Crippen LogP contribution in [0.5, 0.6) is 5.75 Å². The molecular formula is C12H17N3O2. The third kappa shape index (κ3) is 1.99. The van der Waals surface area contributed by atoms with E-state index in [0.717, 1.165) is 22.6 Å². The molecule has 2 rings (SSSR count). The van der Waals surface area contributed by atoms with Gasteiger partial charge in [-0.1, -0.05) is 0 Å². The smallest absolute Gasteiger partial charge is 0.140 e. The van der Waals surface area contributed by atoms with Crippen molar-refractivity contribution in [2.45, 2.75) is 6.10 Å². The van der Waals surface area contributed by atoms with Crippen LogP contribution >= 0.6 is 0 Å². The zero-order valence-electron chi connectivity index (χ0n) is 10.3. The van der Waals surface area contributed by atoms with E-state index in [9.17, 15) is 0 Å². The fraction of sp³-hybridized carbons (Fsp3) is 0.417. The summed E-state index contributed by atoms with van der Waals surface area (Å²) in [6.07, 6.45) is -0.182. The molecule has 0 spiro atoms. The number of nitrogens with zero attached hydrogens (tertiary/aromatic N) is 2. The average molecular weight is 235 g/mol. The third-order valence-electron chi connectivity index (χ3n) is 2.91. The maximum Gasteiger partial charge on any atom is 0.140 e. The number of rotatable bonds is 4. The first-order valence-corrected chi connectivity index (χ1v) is 5.44. The molecule has 1 aromatic carbocycles. The fourth-order valence-corrected chi connectivity index (χ4v) is 1.92. The summed E-state index contributed by atoms with van der Waals surface area (Å²) in [6, 6.07) is 5.80. The Morgan fingerprint density at radius 2 is 2.18 bits per heavy atom. The monoisotopic (exact) mass is 235 g/mol. The average Bonchev–Trinajstić information content (AvgIpc) is 2.68. The van der Waals surface area contributed by atoms with E-state index in [1.807, 2.05) is 29.8 Å². The van der Waals surface area contributed by atoms with Crippen molar-refractivity contribution in [2.75, 3.05) is 20.8 Å². The van der Waals surface area contributed by atoms with Gasteiger partial charge in [0.05, 0.1) is 18.1 Å². The van der Waals surface area contributed by atoms with Gasteiger partial charge < -0.3 is 19.8 Å². The number of fused-ring (bicyclic) bond motifs is 1. The molecular weight excluding hydrogens is 218 g/mol. The van der Waals surface area contributed by atoms with Crippen LogP contribution in [0.3, 0.4) is 0 Å². The second kappa shape index (κ2) is 4.73. The molecule has 0 bridgehead atoms. The summed E-state index contributed by atoms with van der Waals surface area (Å²) in [5, 5.41) is 0. The molecule has 1 heterocycles. The van der Waals surface area contributed by atoms with Gasteiger partial charge in [0, 0.05) is 26.8 Å². The molecule has 0 aliphatic rings. The minimum atomic E-state index is -0.182. The Hall–Kier alpha value is -1.59. The Balaban J connectivity index is 2.55. The molecule has 5 nitrogen and oxygen atoms in total. The summed E-state index contributed by atoms with van der Waals surface area (Å²) in [4.78, 5) is 4.54. The van der Waals surface area contributed by atoms with Crippen molar-refractivity contribution in [1.82, 2.24) is 9.55 Å². The van der Waals surface area contributed by atoms with Crippen molar-refractivity contribution in [3.05, 3.63) is 24.0 Å². The zero-order valence-corrected chi connectivity index (χ0v) is 10.3. The molecule has 0 fully saturated rings. The molecule has 2 N–H and O–H groups in total. The first-order chi connectivity index (χ1) is 8.21. The minimum absolute atomic E-state index is 0.182. The van der Waals surface area contributed by atoms with E-state index in [-0.39, 0.29) is 6.10 Å². The highest BCUT2D eigenvalue weighted by Crippen LogP contribution is 2.24. The SMILES string of the molecule is COc1ccc2c(c1)nc(C(CN)OC)n2C. The van der Waals surface area contributed by atoms with Crippen LogP contribution in [-0.2, 0) is 11.8 Å². The Morgan fingerprint density at radius 3 is 2.76 bits per heavy atom. The third-order valence-corrected chi connectivity index (χ3v) is 2.91. The van der Waals surface area contributed by atoms with Gasteiger partial charge in [-0.05, 0) is 12.1 Å². The summed E-state index contributed by atoms with van der Waals surface area (Å²) in [5.74, 6) is 1.63. The molecule has 0 amide bonds. The van der Waals surface area contributed by atoms with Gasteiger partial charge in [0.2, 0.25) is 0 Å². The lowest BCUT2D eigenvalue weighted by molar-refractivity contribution is 0.101. The van der Waals surface area contributed by atoms with Crippen molar-refractivity contribution in [2.24, 2.45) is 12.8 Å². The molecule has 17 heavy (non-hydrogen) atoms. The van der Waals surface area contributed by atoms with Crippen LogP contribution in [0.4, 0.5) is 0 Å². The van der Waals surface area contributed by atoms with Gasteiger partial charge in [-0.15, -0.1) is 0 Å². The maximum absolute atomic E-state index is 5.66. The first kappa shape index (κ1) is 11.9. The Bertz CT molecular complexity index is 518. The summed E-state index contributed by atoms with van der Waals surface area (Å²) in [7, 11) is 5.24. The van der Waals surface area contributed by atoms with Crippen LogP contribution in [0.15, 0.2) is 18.2 Å². The highest BCUT2D eigenvalue weighted by molar-refractivity contribution is 5.77. The second-order valence-corrected chi connectivity index (χ2v) is 3.84. The van der Waals surface area contributed by atoms with Gasteiger partial charge in [0.15, 0.2) is 0 Å². The van der Waals surface area contributed by atoms with E-state index in [4.69, 9.17) is 15.2 Å². The predicted molar refractivity (Wildman–Crippen MR) is 66.1 cm³/mol. The van der Waals surface area contributed by atoms with Gasteiger partial charge in [-0.2, -0.15) is 0 Å². The molecule has 92 valence electrons. The normalized spacial score (nSPS) is 12.9. The van der Waals surface area contributed by atoms with E-state index >= 15 is 0 Å². The molecule has 0 saturated carbocycles. The molecule has 2 aromatic rings. The molecule has 1 aromatic heterocycles. The van der Waals surface area contributed by atoms with Gasteiger partial charge in [-0.25, -0.2) is 4.98 Å². The minimum Gasteiger partial charge on any atom is -0.497 e. The fourth-order valence-electron chi connectivity index (χ4n) is 1.92. The van der Waals surface area contributed by atoms with Crippen molar-refractivity contribution in [1.29, 1.82) is 0 Å². The lowest BCUT2D eigenvalue weighted by Crippen LogP contribution is -2.17. The molecule has 1 unspecified atom stereocenters. The van der Waals surface area contributed by atoms with Crippen molar-refractivity contribution in [3.63, 3.8) is 0 Å². The highest BCUT2D eigenvalue weighted by Gasteiger charge is 2.16. The van der Waals surface area contributed by atoms with Crippen LogP contribution < -0.4 is 10.5 Å². The van der Waals surface area contributed by atoms with Crippen LogP contribution in [-0.4, -0.2) is 30.3 Å². The zero-order chi connectivity index (χ0) is 12.4. The number of benzene rings is 1. The van der Waals surface area contributed by atoms with Gasteiger partial charge in [0.1, 0.15) is 17.7 Å². The van der Waals surface area contributed by atoms with Gasteiger partial charge in [-0.3, -0.25) is 0 Å². The molecule has 0 saturated heterocycles. The standard InChI is InChI=1S/C12H17N3O2/c1-15-10-5-4-8(16-2)6-9(10)14-12(15)11(7-13)17-3/h4-6,11H,7,13H2,1-3H3. The number of hydrogen-bond donors (Lipinski definition) is 1. The number of nitrogens with two attached hydrogens (primary N) is 1. The first-order valence-electron chi connectivity index (χ1n) is 5.44. The van der Waals surface area contributed by atoms with Crippen molar-refractivity contribution < 1.29 is 9.47 Å². The van der Waals surface area contributed by atoms with Crippen molar-refractivity contribution >= 4 is 11.0 Å². The topological polar surface area (TPSA) is 62.3 Å². The summed E-state index contributed by atoms with van der Waals surface area (Å²) in [6.45, 7) is 0.408. The summed E-state index contributed by atoms with van der Waals surface area (Å²) in [5.41, 5.74) is 7.58. The Labute approximate surface area is 100 Å². The quantitative estimate of drug-likeness (QED) is 0.865. The van der Waals surface area contributed by atoms with Crippen LogP contribution in [0.25, 0.3) is 11.0 Å². The Kier molecular flexibility index (Phi) is 3.31. The largest absolute Gasteiger partial charge is 0.497 e. The summed E-state index contributed by atoms with van der Waals surface area (Å²) >= 11 is 0. The number of aryl methyl sites for hydroxylation is 1. The van der Waals surface area contributed by atoms with Crippen molar-refractivity contribution in [3.8, 4) is 5.75 Å². The van der Waals surface area contributed by atoms with Crippen LogP contribution in [0.1, 0.15) is 11.9 Å². The van der Waals surface area contributed by atoms with Gasteiger partial charge in [0.25, 0.3) is 0 Å².